The summed E-state index contributed by atoms with van der Waals surface area (Å²) in [6.45, 7) is 6.36. The Balaban J connectivity index is 1.88. The van der Waals surface area contributed by atoms with Crippen LogP contribution in [0.5, 0.6) is 17.2 Å². The molecule has 1 aliphatic heterocycles. The first-order valence-electron chi connectivity index (χ1n) is 12.1. The molecule has 4 rings (SSSR count). The molecular formula is C30H31NO6. The van der Waals surface area contributed by atoms with Crippen LogP contribution < -0.4 is 14.2 Å². The summed E-state index contributed by atoms with van der Waals surface area (Å²) in [6, 6.07) is 17.4. The average molecular weight is 502 g/mol. The van der Waals surface area contributed by atoms with Crippen LogP contribution in [0.25, 0.3) is 5.76 Å². The number of likely N-dealkylation sites (tertiary alicyclic amines) is 1. The number of aliphatic hydroxyl groups excluding tert-OH is 1. The lowest BCUT2D eigenvalue weighted by atomic mass is 9.93. The zero-order chi connectivity index (χ0) is 26.7. The molecule has 192 valence electrons. The van der Waals surface area contributed by atoms with Crippen molar-refractivity contribution in [1.82, 2.24) is 4.90 Å². The molecule has 37 heavy (non-hydrogen) atoms. The van der Waals surface area contributed by atoms with Crippen LogP contribution in [0.15, 0.2) is 66.2 Å². The van der Waals surface area contributed by atoms with Crippen LogP contribution in [0.2, 0.25) is 0 Å². The summed E-state index contributed by atoms with van der Waals surface area (Å²) < 4.78 is 16.4. The van der Waals surface area contributed by atoms with Gasteiger partial charge in [-0.3, -0.25) is 9.59 Å². The van der Waals surface area contributed by atoms with Gasteiger partial charge < -0.3 is 24.2 Å². The van der Waals surface area contributed by atoms with E-state index in [4.69, 9.17) is 14.2 Å². The van der Waals surface area contributed by atoms with Crippen LogP contribution >= 0.6 is 0 Å². The summed E-state index contributed by atoms with van der Waals surface area (Å²) in [7, 11) is 3.10. The minimum absolute atomic E-state index is 0.0194. The van der Waals surface area contributed by atoms with Crippen molar-refractivity contribution in [2.75, 3.05) is 20.8 Å². The van der Waals surface area contributed by atoms with E-state index in [1.54, 1.807) is 37.4 Å². The Hall–Kier alpha value is -4.26. The molecule has 0 aliphatic carbocycles. The maximum absolute atomic E-state index is 13.4. The average Bonchev–Trinajstić information content (AvgIpc) is 3.14. The number of ether oxygens (including phenoxy) is 3. The number of rotatable bonds is 8. The number of benzene rings is 3. The third-order valence-corrected chi connectivity index (χ3v) is 6.44. The SMILES string of the molecule is CCOc1ccc(C2/C(=C(\O)c3cc(C)cc(C)c3OC)C(=O)C(=O)N2Cc2ccc(OC)cc2)cc1. The van der Waals surface area contributed by atoms with Crippen molar-refractivity contribution in [3.63, 3.8) is 0 Å². The van der Waals surface area contributed by atoms with Crippen molar-refractivity contribution < 1.29 is 28.9 Å². The second-order valence-corrected chi connectivity index (χ2v) is 8.94. The Bertz CT molecular complexity index is 1340. The molecule has 1 amide bonds. The van der Waals surface area contributed by atoms with Crippen LogP contribution in [0, 0.1) is 13.8 Å². The van der Waals surface area contributed by atoms with Crippen LogP contribution in [0.4, 0.5) is 0 Å². The zero-order valence-electron chi connectivity index (χ0n) is 21.7. The Labute approximate surface area is 216 Å². The highest BCUT2D eigenvalue weighted by atomic mass is 16.5. The summed E-state index contributed by atoms with van der Waals surface area (Å²) in [5, 5.41) is 11.6. The van der Waals surface area contributed by atoms with E-state index in [0.29, 0.717) is 35.0 Å². The molecule has 1 heterocycles. The van der Waals surface area contributed by atoms with E-state index in [2.05, 4.69) is 0 Å². The van der Waals surface area contributed by atoms with E-state index in [-0.39, 0.29) is 17.9 Å². The molecule has 0 spiro atoms. The minimum atomic E-state index is -0.802. The van der Waals surface area contributed by atoms with E-state index in [1.807, 2.05) is 51.1 Å². The number of aliphatic hydroxyl groups is 1. The van der Waals surface area contributed by atoms with Gasteiger partial charge in [0.05, 0.1) is 38.0 Å². The number of nitrogens with zero attached hydrogens (tertiary/aromatic N) is 1. The maximum atomic E-state index is 13.4. The van der Waals surface area contributed by atoms with Crippen molar-refractivity contribution in [1.29, 1.82) is 0 Å². The topological polar surface area (TPSA) is 85.3 Å². The molecule has 1 unspecified atom stereocenters. The smallest absolute Gasteiger partial charge is 0.295 e. The molecule has 0 aromatic heterocycles. The molecule has 3 aromatic rings. The lowest BCUT2D eigenvalue weighted by molar-refractivity contribution is -0.140. The van der Waals surface area contributed by atoms with Crippen molar-refractivity contribution >= 4 is 17.4 Å². The summed E-state index contributed by atoms with van der Waals surface area (Å²) in [4.78, 5) is 28.3. The number of hydrogen-bond acceptors (Lipinski definition) is 6. The first-order valence-corrected chi connectivity index (χ1v) is 12.1. The van der Waals surface area contributed by atoms with E-state index >= 15 is 0 Å². The van der Waals surface area contributed by atoms with Gasteiger partial charge in [0.25, 0.3) is 11.7 Å². The highest BCUT2D eigenvalue weighted by molar-refractivity contribution is 6.46. The van der Waals surface area contributed by atoms with Gasteiger partial charge in [-0.05, 0) is 73.4 Å². The Morgan fingerprint density at radius 1 is 0.919 bits per heavy atom. The largest absolute Gasteiger partial charge is 0.507 e. The van der Waals surface area contributed by atoms with Gasteiger partial charge in [-0.25, -0.2) is 0 Å². The first-order chi connectivity index (χ1) is 17.8. The Morgan fingerprint density at radius 2 is 1.57 bits per heavy atom. The number of carbonyl (C=O) groups excluding carboxylic acids is 2. The molecule has 1 aliphatic rings. The first kappa shape index (κ1) is 25.8. The van der Waals surface area contributed by atoms with Gasteiger partial charge in [0.2, 0.25) is 0 Å². The number of carbonyl (C=O) groups is 2. The van der Waals surface area contributed by atoms with Gasteiger partial charge in [-0.2, -0.15) is 0 Å². The van der Waals surface area contributed by atoms with Crippen LogP contribution in [0.3, 0.4) is 0 Å². The van der Waals surface area contributed by atoms with Crippen LogP contribution in [-0.4, -0.2) is 42.5 Å². The normalized spacial score (nSPS) is 16.7. The lowest BCUT2D eigenvalue weighted by Gasteiger charge is -2.26. The van der Waals surface area contributed by atoms with Crippen molar-refractivity contribution in [3.8, 4) is 17.2 Å². The molecule has 0 radical (unpaired) electrons. The van der Waals surface area contributed by atoms with Gasteiger partial charge in [0, 0.05) is 6.54 Å². The van der Waals surface area contributed by atoms with Gasteiger partial charge in [0.15, 0.2) is 0 Å². The second kappa shape index (κ2) is 10.8. The van der Waals surface area contributed by atoms with Crippen molar-refractivity contribution in [2.24, 2.45) is 0 Å². The Kier molecular flexibility index (Phi) is 7.53. The molecular weight excluding hydrogens is 470 g/mol. The number of methoxy groups -OCH3 is 2. The molecule has 7 nitrogen and oxygen atoms in total. The lowest BCUT2D eigenvalue weighted by Crippen LogP contribution is -2.29. The minimum Gasteiger partial charge on any atom is -0.507 e. The maximum Gasteiger partial charge on any atom is 0.295 e. The number of hydrogen-bond donors (Lipinski definition) is 1. The standard InChI is InChI=1S/C30H31NO6/c1-6-37-23-13-9-21(10-14-23)26-25(27(32)24-16-18(2)15-19(3)29(24)36-5)28(33)30(34)31(26)17-20-7-11-22(35-4)12-8-20/h7-16,26,32H,6,17H2,1-5H3/b27-25+. The fraction of sp³-hybridized carbons (Fsp3) is 0.267. The highest BCUT2D eigenvalue weighted by Gasteiger charge is 2.46. The van der Waals surface area contributed by atoms with Crippen LogP contribution in [-0.2, 0) is 16.1 Å². The molecule has 3 aromatic carbocycles. The summed E-state index contributed by atoms with van der Waals surface area (Å²) in [5.41, 5.74) is 3.60. The van der Waals surface area contributed by atoms with Gasteiger partial charge in [-0.1, -0.05) is 30.3 Å². The molecule has 1 N–H and O–H groups in total. The van der Waals surface area contributed by atoms with Gasteiger partial charge in [0.1, 0.15) is 23.0 Å². The fourth-order valence-corrected chi connectivity index (χ4v) is 4.78. The van der Waals surface area contributed by atoms with Crippen molar-refractivity contribution in [2.45, 2.75) is 33.4 Å². The van der Waals surface area contributed by atoms with E-state index in [0.717, 1.165) is 16.7 Å². The molecule has 0 saturated carbocycles. The molecule has 7 heteroatoms. The van der Waals surface area contributed by atoms with E-state index in [1.165, 1.54) is 12.0 Å². The third kappa shape index (κ3) is 5.03. The summed E-state index contributed by atoms with van der Waals surface area (Å²) in [5.74, 6) is 0.129. The Morgan fingerprint density at radius 3 is 2.16 bits per heavy atom. The molecule has 1 fully saturated rings. The highest BCUT2D eigenvalue weighted by Crippen LogP contribution is 2.42. The summed E-state index contributed by atoms with van der Waals surface area (Å²) in [6.07, 6.45) is 0. The molecule has 1 saturated heterocycles. The fourth-order valence-electron chi connectivity index (χ4n) is 4.78. The molecule has 1 atom stereocenters. The number of aryl methyl sites for hydroxylation is 2. The predicted molar refractivity (Wildman–Crippen MR) is 141 cm³/mol. The predicted octanol–water partition coefficient (Wildman–Crippen LogP) is 5.34. The third-order valence-electron chi connectivity index (χ3n) is 6.44. The van der Waals surface area contributed by atoms with E-state index in [9.17, 15) is 14.7 Å². The monoisotopic (exact) mass is 501 g/mol. The van der Waals surface area contributed by atoms with Gasteiger partial charge >= 0.3 is 0 Å². The van der Waals surface area contributed by atoms with Crippen molar-refractivity contribution in [3.05, 3.63) is 94.1 Å². The quantitative estimate of drug-likeness (QED) is 0.255. The number of Topliss-reactive ketones (excluding diaryl/α,β-unsaturated/α-hetero) is 1. The number of amides is 1. The second-order valence-electron chi connectivity index (χ2n) is 8.94. The zero-order valence-corrected chi connectivity index (χ0v) is 21.7. The number of ketones is 1. The van der Waals surface area contributed by atoms with E-state index < -0.39 is 17.7 Å². The molecule has 0 bridgehead atoms. The van der Waals surface area contributed by atoms with Crippen LogP contribution in [0.1, 0.15) is 40.8 Å². The van der Waals surface area contributed by atoms with Gasteiger partial charge in [-0.15, -0.1) is 0 Å². The summed E-state index contributed by atoms with van der Waals surface area (Å²) >= 11 is 0.